The molecule has 4 rings (SSSR count). The van der Waals surface area contributed by atoms with E-state index in [0.29, 0.717) is 5.92 Å². The Bertz CT molecular complexity index is 769. The summed E-state index contributed by atoms with van der Waals surface area (Å²) in [6, 6.07) is 14.9. The Morgan fingerprint density at radius 2 is 1.95 bits per heavy atom. The molecular weight excluding hydrogens is 246 g/mol. The van der Waals surface area contributed by atoms with Gasteiger partial charge in [0.1, 0.15) is 5.82 Å². The van der Waals surface area contributed by atoms with Gasteiger partial charge in [0.25, 0.3) is 0 Å². The smallest absolute Gasteiger partial charge is 0.110 e. The Morgan fingerprint density at radius 3 is 2.75 bits per heavy atom. The van der Waals surface area contributed by atoms with Crippen LogP contribution in [0.25, 0.3) is 22.2 Å². The van der Waals surface area contributed by atoms with E-state index in [9.17, 15) is 0 Å². The molecule has 0 aliphatic heterocycles. The quantitative estimate of drug-likeness (QED) is 0.745. The second-order valence-corrected chi connectivity index (χ2v) is 5.46. The van der Waals surface area contributed by atoms with E-state index in [1.807, 2.05) is 7.05 Å². The topological polar surface area (TPSA) is 40.7 Å². The van der Waals surface area contributed by atoms with Crippen LogP contribution in [0.3, 0.4) is 0 Å². The molecule has 0 radical (unpaired) electrons. The van der Waals surface area contributed by atoms with Crippen LogP contribution in [0.15, 0.2) is 42.5 Å². The van der Waals surface area contributed by atoms with Crippen LogP contribution in [0.2, 0.25) is 0 Å². The van der Waals surface area contributed by atoms with Crippen molar-refractivity contribution in [1.82, 2.24) is 9.97 Å². The highest BCUT2D eigenvalue weighted by Crippen LogP contribution is 2.39. The lowest BCUT2D eigenvalue weighted by Crippen LogP contribution is -1.87. The van der Waals surface area contributed by atoms with Gasteiger partial charge in [-0.3, -0.25) is 0 Å². The summed E-state index contributed by atoms with van der Waals surface area (Å²) in [6.07, 6.45) is 2.55. The molecule has 20 heavy (non-hydrogen) atoms. The molecule has 3 aromatic rings. The molecule has 1 aromatic heterocycles. The Labute approximate surface area is 118 Å². The number of benzene rings is 2. The van der Waals surface area contributed by atoms with Gasteiger partial charge in [-0.2, -0.15) is 0 Å². The predicted molar refractivity (Wildman–Crippen MR) is 83.1 cm³/mol. The van der Waals surface area contributed by atoms with Crippen molar-refractivity contribution in [2.75, 3.05) is 12.4 Å². The van der Waals surface area contributed by atoms with Crippen LogP contribution in [0.5, 0.6) is 0 Å². The van der Waals surface area contributed by atoms with Gasteiger partial charge in [0.05, 0.1) is 11.0 Å². The van der Waals surface area contributed by atoms with Gasteiger partial charge in [-0.05, 0) is 48.2 Å². The average molecular weight is 263 g/mol. The van der Waals surface area contributed by atoms with Crippen LogP contribution in [0.4, 0.5) is 5.69 Å². The molecule has 0 unspecified atom stereocenters. The van der Waals surface area contributed by atoms with Crippen molar-refractivity contribution in [2.24, 2.45) is 0 Å². The largest absolute Gasteiger partial charge is 0.388 e. The van der Waals surface area contributed by atoms with E-state index in [4.69, 9.17) is 0 Å². The fourth-order valence-corrected chi connectivity index (χ4v) is 2.61. The Kier molecular flexibility index (Phi) is 2.52. The van der Waals surface area contributed by atoms with E-state index in [1.54, 1.807) is 0 Å². The van der Waals surface area contributed by atoms with Gasteiger partial charge in [0, 0.05) is 18.7 Å². The molecule has 2 aromatic carbocycles. The zero-order valence-electron chi connectivity index (χ0n) is 11.5. The molecule has 0 bridgehead atoms. The summed E-state index contributed by atoms with van der Waals surface area (Å²) in [7, 11) is 1.94. The van der Waals surface area contributed by atoms with Crippen molar-refractivity contribution in [2.45, 2.75) is 18.8 Å². The van der Waals surface area contributed by atoms with Crippen LogP contribution in [0.1, 0.15) is 24.6 Å². The second kappa shape index (κ2) is 4.37. The number of anilines is 1. The Balaban J connectivity index is 1.78. The molecule has 3 nitrogen and oxygen atoms in total. The Hall–Kier alpha value is -2.29. The van der Waals surface area contributed by atoms with Crippen LogP contribution >= 0.6 is 0 Å². The van der Waals surface area contributed by atoms with Crippen molar-refractivity contribution < 1.29 is 0 Å². The van der Waals surface area contributed by atoms with Gasteiger partial charge in [0.15, 0.2) is 0 Å². The first-order valence-electron chi connectivity index (χ1n) is 7.11. The molecule has 3 heteroatoms. The zero-order valence-corrected chi connectivity index (χ0v) is 11.5. The second-order valence-electron chi connectivity index (χ2n) is 5.46. The molecule has 1 aliphatic rings. The summed E-state index contributed by atoms with van der Waals surface area (Å²) >= 11 is 0. The molecule has 1 fully saturated rings. The highest BCUT2D eigenvalue weighted by molar-refractivity contribution is 5.82. The first-order chi connectivity index (χ1) is 9.83. The summed E-state index contributed by atoms with van der Waals surface area (Å²) in [5, 5.41) is 3.18. The van der Waals surface area contributed by atoms with Gasteiger partial charge >= 0.3 is 0 Å². The molecule has 1 saturated carbocycles. The third-order valence-corrected chi connectivity index (χ3v) is 3.95. The SMILES string of the molecule is CNc1cccc(-c2ccc3nc(C4CC4)[nH]c3c2)c1. The minimum atomic E-state index is 0.665. The number of nitrogens with zero attached hydrogens (tertiary/aromatic N) is 1. The lowest BCUT2D eigenvalue weighted by Gasteiger charge is -2.05. The van der Waals surface area contributed by atoms with E-state index < -0.39 is 0 Å². The predicted octanol–water partition coefficient (Wildman–Crippen LogP) is 4.15. The van der Waals surface area contributed by atoms with Crippen molar-refractivity contribution in [1.29, 1.82) is 0 Å². The normalized spacial score (nSPS) is 14.7. The maximum Gasteiger partial charge on any atom is 0.110 e. The number of aromatic amines is 1. The number of rotatable bonds is 3. The van der Waals surface area contributed by atoms with Crippen molar-refractivity contribution in [3.63, 3.8) is 0 Å². The number of fused-ring (bicyclic) bond motifs is 1. The first kappa shape index (κ1) is 11.5. The third-order valence-electron chi connectivity index (χ3n) is 3.95. The highest BCUT2D eigenvalue weighted by Gasteiger charge is 2.26. The molecule has 0 spiro atoms. The maximum absolute atomic E-state index is 4.68. The lowest BCUT2D eigenvalue weighted by molar-refractivity contribution is 0.986. The van der Waals surface area contributed by atoms with E-state index >= 15 is 0 Å². The number of H-pyrrole nitrogens is 1. The molecule has 0 saturated heterocycles. The first-order valence-corrected chi connectivity index (χ1v) is 7.11. The summed E-state index contributed by atoms with van der Waals surface area (Å²) in [4.78, 5) is 8.14. The third kappa shape index (κ3) is 1.95. The minimum absolute atomic E-state index is 0.665. The molecule has 0 atom stereocenters. The fourth-order valence-electron chi connectivity index (χ4n) is 2.61. The van der Waals surface area contributed by atoms with Crippen molar-refractivity contribution in [3.8, 4) is 11.1 Å². The zero-order chi connectivity index (χ0) is 13.5. The molecule has 2 N–H and O–H groups in total. The fraction of sp³-hybridized carbons (Fsp3) is 0.235. The summed E-state index contributed by atoms with van der Waals surface area (Å²) in [6.45, 7) is 0. The molecule has 100 valence electrons. The average Bonchev–Trinajstić information content (AvgIpc) is 3.26. The summed E-state index contributed by atoms with van der Waals surface area (Å²) in [5.74, 6) is 1.82. The molecular formula is C17H17N3. The Morgan fingerprint density at radius 1 is 1.10 bits per heavy atom. The monoisotopic (exact) mass is 263 g/mol. The summed E-state index contributed by atoms with van der Waals surface area (Å²) < 4.78 is 0. The van der Waals surface area contributed by atoms with Crippen LogP contribution < -0.4 is 5.32 Å². The van der Waals surface area contributed by atoms with E-state index in [0.717, 1.165) is 22.5 Å². The number of imidazole rings is 1. The van der Waals surface area contributed by atoms with Crippen molar-refractivity contribution in [3.05, 3.63) is 48.3 Å². The van der Waals surface area contributed by atoms with Gasteiger partial charge in [-0.25, -0.2) is 4.98 Å². The van der Waals surface area contributed by atoms with E-state index in [-0.39, 0.29) is 0 Å². The van der Waals surface area contributed by atoms with Gasteiger partial charge in [0.2, 0.25) is 0 Å². The molecule has 1 heterocycles. The van der Waals surface area contributed by atoms with Gasteiger partial charge in [-0.1, -0.05) is 18.2 Å². The number of hydrogen-bond acceptors (Lipinski definition) is 2. The van der Waals surface area contributed by atoms with Gasteiger partial charge < -0.3 is 10.3 Å². The maximum atomic E-state index is 4.68. The van der Waals surface area contributed by atoms with E-state index in [1.165, 1.54) is 24.0 Å². The number of nitrogens with one attached hydrogen (secondary N) is 2. The van der Waals surface area contributed by atoms with E-state index in [2.05, 4.69) is 57.7 Å². The lowest BCUT2D eigenvalue weighted by atomic mass is 10.0. The van der Waals surface area contributed by atoms with Crippen LogP contribution in [-0.2, 0) is 0 Å². The van der Waals surface area contributed by atoms with Crippen LogP contribution in [0, 0.1) is 0 Å². The minimum Gasteiger partial charge on any atom is -0.388 e. The standard InChI is InChI=1S/C17H17N3/c1-18-14-4-2-3-12(9-14)13-7-8-15-16(10-13)20-17(19-15)11-5-6-11/h2-4,7-11,18H,5-6H2,1H3,(H,19,20). The molecule has 0 amide bonds. The number of hydrogen-bond donors (Lipinski definition) is 2. The van der Waals surface area contributed by atoms with Crippen LogP contribution in [-0.4, -0.2) is 17.0 Å². The van der Waals surface area contributed by atoms with Gasteiger partial charge in [-0.15, -0.1) is 0 Å². The van der Waals surface area contributed by atoms with Crippen molar-refractivity contribution >= 4 is 16.7 Å². The summed E-state index contributed by atoms with van der Waals surface area (Å²) in [5.41, 5.74) is 5.78. The molecule has 1 aliphatic carbocycles. The number of aromatic nitrogens is 2. The highest BCUT2D eigenvalue weighted by atomic mass is 14.9.